The molecule has 7 heteroatoms. The summed E-state index contributed by atoms with van der Waals surface area (Å²) in [5.41, 5.74) is 1.97. The van der Waals surface area contributed by atoms with E-state index in [1.54, 1.807) is 6.20 Å². The van der Waals surface area contributed by atoms with Crippen LogP contribution in [0.5, 0.6) is 0 Å². The molecule has 0 unspecified atom stereocenters. The first kappa shape index (κ1) is 16.4. The summed E-state index contributed by atoms with van der Waals surface area (Å²) in [5.74, 6) is -1.63. The molecule has 1 aliphatic heterocycles. The number of amidine groups is 1. The Balaban J connectivity index is 1.72. The van der Waals surface area contributed by atoms with Crippen molar-refractivity contribution in [2.75, 3.05) is 0 Å². The quantitative estimate of drug-likeness (QED) is 0.690. The standard InChI is InChI=1S/C19H11F2N3OS/c20-14-5-4-13(10-15(14)21)23-18-17(26-19(25)24-18)9-11-3-6-16-12(8-11)2-1-7-22-16/h1-10H,(H,23,24,25). The lowest BCUT2D eigenvalue weighted by atomic mass is 10.1. The molecule has 1 amide bonds. The Morgan fingerprint density at radius 2 is 1.96 bits per heavy atom. The van der Waals surface area contributed by atoms with Crippen molar-refractivity contribution in [2.45, 2.75) is 0 Å². The Labute approximate surface area is 151 Å². The zero-order valence-electron chi connectivity index (χ0n) is 13.2. The molecule has 0 spiro atoms. The Morgan fingerprint density at radius 1 is 1.08 bits per heavy atom. The fraction of sp³-hybridized carbons (Fsp3) is 0. The Hall–Kier alpha value is -3.06. The van der Waals surface area contributed by atoms with Crippen molar-refractivity contribution < 1.29 is 13.6 Å². The van der Waals surface area contributed by atoms with Crippen molar-refractivity contribution in [3.05, 3.63) is 76.8 Å². The molecule has 26 heavy (non-hydrogen) atoms. The molecule has 1 aliphatic rings. The molecule has 2 heterocycles. The maximum Gasteiger partial charge on any atom is 0.289 e. The molecule has 0 bridgehead atoms. The summed E-state index contributed by atoms with van der Waals surface area (Å²) in [4.78, 5) is 20.9. The van der Waals surface area contributed by atoms with E-state index in [1.165, 1.54) is 6.07 Å². The highest BCUT2D eigenvalue weighted by Gasteiger charge is 2.23. The normalized spacial score (nSPS) is 17.2. The van der Waals surface area contributed by atoms with E-state index in [0.717, 1.165) is 40.4 Å². The van der Waals surface area contributed by atoms with Gasteiger partial charge in [0.05, 0.1) is 16.1 Å². The number of carbonyl (C=O) groups is 1. The number of pyridine rings is 1. The molecule has 0 atom stereocenters. The fourth-order valence-electron chi connectivity index (χ4n) is 2.53. The Kier molecular flexibility index (Phi) is 4.22. The van der Waals surface area contributed by atoms with Gasteiger partial charge in [0.15, 0.2) is 11.6 Å². The van der Waals surface area contributed by atoms with Gasteiger partial charge in [-0.25, -0.2) is 13.8 Å². The number of fused-ring (bicyclic) bond motifs is 1. The van der Waals surface area contributed by atoms with Crippen LogP contribution >= 0.6 is 11.8 Å². The van der Waals surface area contributed by atoms with Crippen LogP contribution in [-0.2, 0) is 0 Å². The van der Waals surface area contributed by atoms with Gasteiger partial charge in [-0.15, -0.1) is 0 Å². The largest absolute Gasteiger partial charge is 0.300 e. The second-order valence-electron chi connectivity index (χ2n) is 5.54. The van der Waals surface area contributed by atoms with E-state index < -0.39 is 11.6 Å². The zero-order valence-corrected chi connectivity index (χ0v) is 14.1. The summed E-state index contributed by atoms with van der Waals surface area (Å²) in [7, 11) is 0. The predicted octanol–water partition coefficient (Wildman–Crippen LogP) is 5.04. The molecular weight excluding hydrogens is 356 g/mol. The second kappa shape index (κ2) is 6.68. The average molecular weight is 367 g/mol. The van der Waals surface area contributed by atoms with E-state index in [4.69, 9.17) is 0 Å². The van der Waals surface area contributed by atoms with E-state index in [9.17, 15) is 13.6 Å². The van der Waals surface area contributed by atoms with Gasteiger partial charge in [-0.1, -0.05) is 12.1 Å². The number of aromatic nitrogens is 1. The number of rotatable bonds is 2. The summed E-state index contributed by atoms with van der Waals surface area (Å²) in [5, 5.41) is 3.32. The zero-order chi connectivity index (χ0) is 18.1. The van der Waals surface area contributed by atoms with Crippen molar-refractivity contribution in [1.29, 1.82) is 0 Å². The number of halogens is 2. The van der Waals surface area contributed by atoms with Gasteiger partial charge in [0.1, 0.15) is 5.84 Å². The Morgan fingerprint density at radius 3 is 2.81 bits per heavy atom. The van der Waals surface area contributed by atoms with Crippen LogP contribution in [0.25, 0.3) is 17.0 Å². The van der Waals surface area contributed by atoms with E-state index in [0.29, 0.717) is 10.7 Å². The average Bonchev–Trinajstić information content (AvgIpc) is 2.97. The molecule has 128 valence electrons. The van der Waals surface area contributed by atoms with Crippen LogP contribution in [0.15, 0.2) is 64.6 Å². The molecular formula is C19H11F2N3OS. The van der Waals surface area contributed by atoms with Gasteiger partial charge < -0.3 is 5.32 Å². The maximum absolute atomic E-state index is 13.4. The molecule has 1 fully saturated rings. The summed E-state index contributed by atoms with van der Waals surface area (Å²) in [6, 6.07) is 12.9. The molecule has 0 saturated carbocycles. The van der Waals surface area contributed by atoms with Gasteiger partial charge in [-0.05, 0) is 53.7 Å². The molecule has 2 aromatic carbocycles. The van der Waals surface area contributed by atoms with Gasteiger partial charge >= 0.3 is 0 Å². The molecule has 4 rings (SSSR count). The third-order valence-corrected chi connectivity index (χ3v) is 4.54. The molecule has 0 radical (unpaired) electrons. The maximum atomic E-state index is 13.4. The van der Waals surface area contributed by atoms with Crippen molar-refractivity contribution in [1.82, 2.24) is 10.3 Å². The summed E-state index contributed by atoms with van der Waals surface area (Å²) >= 11 is 0.997. The first-order valence-electron chi connectivity index (χ1n) is 7.68. The number of nitrogens with one attached hydrogen (secondary N) is 1. The van der Waals surface area contributed by atoms with Crippen molar-refractivity contribution in [3.63, 3.8) is 0 Å². The van der Waals surface area contributed by atoms with Gasteiger partial charge in [0.25, 0.3) is 5.24 Å². The van der Waals surface area contributed by atoms with Crippen LogP contribution < -0.4 is 5.32 Å². The molecule has 1 saturated heterocycles. The number of hydrogen-bond donors (Lipinski definition) is 1. The molecule has 1 aromatic heterocycles. The minimum Gasteiger partial charge on any atom is -0.300 e. The number of benzene rings is 2. The minimum absolute atomic E-state index is 0.218. The number of carbonyl (C=O) groups excluding carboxylic acids is 1. The lowest BCUT2D eigenvalue weighted by Gasteiger charge is -2.02. The molecule has 3 aromatic rings. The first-order chi connectivity index (χ1) is 12.6. The second-order valence-corrected chi connectivity index (χ2v) is 6.55. The highest BCUT2D eigenvalue weighted by Crippen LogP contribution is 2.29. The van der Waals surface area contributed by atoms with E-state index in [1.807, 2.05) is 36.4 Å². The van der Waals surface area contributed by atoms with Crippen LogP contribution in [0, 0.1) is 11.6 Å². The van der Waals surface area contributed by atoms with Crippen LogP contribution in [0.2, 0.25) is 0 Å². The molecule has 0 aliphatic carbocycles. The SMILES string of the molecule is O=C1NC(=Nc2ccc(F)c(F)c2)C(=Cc2ccc3ncccc3c2)S1. The van der Waals surface area contributed by atoms with Crippen LogP contribution in [0.1, 0.15) is 5.56 Å². The molecule has 1 N–H and O–H groups in total. The highest BCUT2D eigenvalue weighted by molar-refractivity contribution is 8.18. The first-order valence-corrected chi connectivity index (χ1v) is 8.49. The van der Waals surface area contributed by atoms with E-state index in [-0.39, 0.29) is 10.9 Å². The van der Waals surface area contributed by atoms with Gasteiger partial charge in [-0.2, -0.15) is 0 Å². The smallest absolute Gasteiger partial charge is 0.289 e. The third kappa shape index (κ3) is 3.34. The van der Waals surface area contributed by atoms with Gasteiger partial charge in [-0.3, -0.25) is 9.78 Å². The van der Waals surface area contributed by atoms with Crippen LogP contribution in [0.3, 0.4) is 0 Å². The van der Waals surface area contributed by atoms with Crippen molar-refractivity contribution >= 4 is 45.5 Å². The van der Waals surface area contributed by atoms with E-state index in [2.05, 4.69) is 15.3 Å². The van der Waals surface area contributed by atoms with Crippen LogP contribution in [-0.4, -0.2) is 16.1 Å². The Bertz CT molecular complexity index is 1100. The van der Waals surface area contributed by atoms with Crippen molar-refractivity contribution in [3.8, 4) is 0 Å². The minimum atomic E-state index is -0.989. The van der Waals surface area contributed by atoms with E-state index >= 15 is 0 Å². The summed E-state index contributed by atoms with van der Waals surface area (Å²) in [6.07, 6.45) is 3.54. The predicted molar refractivity (Wildman–Crippen MR) is 99.3 cm³/mol. The fourth-order valence-corrected chi connectivity index (χ4v) is 3.27. The number of thioether (sulfide) groups is 1. The number of hydrogen-bond acceptors (Lipinski definition) is 4. The van der Waals surface area contributed by atoms with Gasteiger partial charge in [0, 0.05) is 17.6 Å². The topological polar surface area (TPSA) is 54.4 Å². The summed E-state index contributed by atoms with van der Waals surface area (Å²) < 4.78 is 26.4. The third-order valence-electron chi connectivity index (χ3n) is 3.73. The summed E-state index contributed by atoms with van der Waals surface area (Å²) in [6.45, 7) is 0. The molecule has 4 nitrogen and oxygen atoms in total. The number of amides is 1. The highest BCUT2D eigenvalue weighted by atomic mass is 32.2. The van der Waals surface area contributed by atoms with Crippen molar-refractivity contribution in [2.24, 2.45) is 4.99 Å². The number of aliphatic imine (C=N–C) groups is 1. The monoisotopic (exact) mass is 367 g/mol. The number of nitrogens with zero attached hydrogens (tertiary/aromatic N) is 2. The lowest BCUT2D eigenvalue weighted by Crippen LogP contribution is -2.18. The van der Waals surface area contributed by atoms with Gasteiger partial charge in [0.2, 0.25) is 0 Å². The lowest BCUT2D eigenvalue weighted by molar-refractivity contribution is 0.265. The van der Waals surface area contributed by atoms with Crippen LogP contribution in [0.4, 0.5) is 19.3 Å².